The van der Waals surface area contributed by atoms with Gasteiger partial charge in [0.05, 0.1) is 22.8 Å². The lowest BCUT2D eigenvalue weighted by Gasteiger charge is -2.12. The number of nitrogens with one attached hydrogen (secondary N) is 1. The summed E-state index contributed by atoms with van der Waals surface area (Å²) in [7, 11) is 0. The van der Waals surface area contributed by atoms with Crippen LogP contribution in [0.5, 0.6) is 11.5 Å². The lowest BCUT2D eigenvalue weighted by Crippen LogP contribution is -2.11. The number of hydrogen-bond acceptors (Lipinski definition) is 4. The molecule has 5 rings (SSSR count). The van der Waals surface area contributed by atoms with Crippen molar-refractivity contribution < 1.29 is 9.53 Å². The second-order valence-electron chi connectivity index (χ2n) is 8.18. The number of thiophene rings is 1. The number of fused-ring (bicyclic) bond motifs is 1. The van der Waals surface area contributed by atoms with Gasteiger partial charge in [-0.15, -0.1) is 11.3 Å². The van der Waals surface area contributed by atoms with E-state index in [4.69, 9.17) is 27.9 Å². The van der Waals surface area contributed by atoms with Crippen LogP contribution in [0.2, 0.25) is 10.0 Å². The summed E-state index contributed by atoms with van der Waals surface area (Å²) in [4.78, 5) is 14.7. The minimum absolute atomic E-state index is 0.207. The van der Waals surface area contributed by atoms with Crippen molar-refractivity contribution in [1.29, 1.82) is 0 Å². The van der Waals surface area contributed by atoms with Gasteiger partial charge >= 0.3 is 0 Å². The number of benzene rings is 3. The van der Waals surface area contributed by atoms with Gasteiger partial charge in [-0.2, -0.15) is 5.10 Å². The predicted molar refractivity (Wildman–Crippen MR) is 144 cm³/mol. The first-order valence-corrected chi connectivity index (χ1v) is 12.5. The molecular formula is C27H21Cl2N3O2S. The summed E-state index contributed by atoms with van der Waals surface area (Å²) in [6.45, 7) is 4.42. The van der Waals surface area contributed by atoms with E-state index in [0.717, 1.165) is 27.0 Å². The first-order valence-electron chi connectivity index (χ1n) is 10.9. The summed E-state index contributed by atoms with van der Waals surface area (Å²) in [6.07, 6.45) is 0. The van der Waals surface area contributed by atoms with E-state index in [1.165, 1.54) is 11.3 Å². The number of hydrogen-bond donors (Lipinski definition) is 1. The molecule has 0 unspecified atom stereocenters. The molecule has 0 aliphatic carbocycles. The van der Waals surface area contributed by atoms with Crippen LogP contribution in [0.25, 0.3) is 10.2 Å². The van der Waals surface area contributed by atoms with E-state index in [2.05, 4.69) is 10.4 Å². The Hall–Kier alpha value is -3.32. The average Bonchev–Trinajstić information content (AvgIpc) is 3.38. The Kier molecular flexibility index (Phi) is 6.52. The third kappa shape index (κ3) is 5.05. The van der Waals surface area contributed by atoms with E-state index in [0.29, 0.717) is 38.7 Å². The van der Waals surface area contributed by atoms with Gasteiger partial charge in [0.25, 0.3) is 5.91 Å². The Morgan fingerprint density at radius 2 is 1.86 bits per heavy atom. The van der Waals surface area contributed by atoms with Gasteiger partial charge in [0.1, 0.15) is 10.6 Å². The SMILES string of the molecule is Cc1cccc(Oc2ccccc2NC(=O)c2cc3c(C)nn(Cc4ccc(Cl)cc4Cl)c3s2)c1. The molecule has 176 valence electrons. The van der Waals surface area contributed by atoms with E-state index in [-0.39, 0.29) is 5.91 Å². The third-order valence-electron chi connectivity index (χ3n) is 5.52. The highest BCUT2D eigenvalue weighted by atomic mass is 35.5. The highest BCUT2D eigenvalue weighted by Gasteiger charge is 2.18. The van der Waals surface area contributed by atoms with Gasteiger partial charge in [0.2, 0.25) is 0 Å². The predicted octanol–water partition coefficient (Wildman–Crippen LogP) is 8.11. The standard InChI is InChI=1S/C27H21Cl2N3O2S/c1-16-6-5-7-20(12-16)34-24-9-4-3-8-23(24)30-26(33)25-14-21-17(2)31-32(27(21)35-25)15-18-10-11-19(28)13-22(18)29/h3-14H,15H2,1-2H3,(H,30,33). The fourth-order valence-corrected chi connectivity index (χ4v) is 5.32. The number of amides is 1. The molecule has 0 aliphatic rings. The minimum atomic E-state index is -0.207. The first kappa shape index (κ1) is 23.4. The van der Waals surface area contributed by atoms with Gasteiger partial charge in [-0.25, -0.2) is 0 Å². The summed E-state index contributed by atoms with van der Waals surface area (Å²) >= 11 is 13.8. The zero-order chi connectivity index (χ0) is 24.5. The largest absolute Gasteiger partial charge is 0.455 e. The van der Waals surface area contributed by atoms with Gasteiger partial charge in [-0.3, -0.25) is 9.48 Å². The van der Waals surface area contributed by atoms with E-state index in [1.54, 1.807) is 12.1 Å². The summed E-state index contributed by atoms with van der Waals surface area (Å²) in [5, 5.41) is 9.75. The molecule has 5 nitrogen and oxygen atoms in total. The molecule has 1 N–H and O–H groups in total. The molecule has 8 heteroatoms. The number of carbonyl (C=O) groups excluding carboxylic acids is 1. The van der Waals surface area contributed by atoms with Gasteiger partial charge in [0.15, 0.2) is 5.75 Å². The number of aryl methyl sites for hydroxylation is 2. The van der Waals surface area contributed by atoms with Crippen molar-refractivity contribution in [3.05, 3.63) is 105 Å². The molecule has 35 heavy (non-hydrogen) atoms. The van der Waals surface area contributed by atoms with Crippen molar-refractivity contribution in [3.63, 3.8) is 0 Å². The Labute approximate surface area is 216 Å². The van der Waals surface area contributed by atoms with Crippen LogP contribution in [-0.2, 0) is 6.54 Å². The van der Waals surface area contributed by atoms with Crippen molar-refractivity contribution in [2.75, 3.05) is 5.32 Å². The van der Waals surface area contributed by atoms with E-state index in [1.807, 2.05) is 79.2 Å². The molecule has 5 aromatic rings. The summed E-state index contributed by atoms with van der Waals surface area (Å²) in [6, 6.07) is 22.5. The van der Waals surface area contributed by atoms with Crippen LogP contribution in [0.15, 0.2) is 72.8 Å². The zero-order valence-corrected chi connectivity index (χ0v) is 21.3. The number of ether oxygens (including phenoxy) is 1. The molecule has 0 fully saturated rings. The fourth-order valence-electron chi connectivity index (χ4n) is 3.79. The lowest BCUT2D eigenvalue weighted by molar-refractivity contribution is 0.103. The number of para-hydroxylation sites is 2. The highest BCUT2D eigenvalue weighted by molar-refractivity contribution is 7.20. The van der Waals surface area contributed by atoms with Crippen molar-refractivity contribution in [3.8, 4) is 11.5 Å². The molecule has 1 amide bonds. The average molecular weight is 522 g/mol. The molecular weight excluding hydrogens is 501 g/mol. The monoisotopic (exact) mass is 521 g/mol. The molecule has 0 spiro atoms. The van der Waals surface area contributed by atoms with Gasteiger partial charge < -0.3 is 10.1 Å². The van der Waals surface area contributed by atoms with Gasteiger partial charge in [-0.1, -0.05) is 53.5 Å². The van der Waals surface area contributed by atoms with Crippen LogP contribution in [0.1, 0.15) is 26.5 Å². The van der Waals surface area contributed by atoms with Crippen molar-refractivity contribution >= 4 is 56.3 Å². The first-order chi connectivity index (χ1) is 16.9. The lowest BCUT2D eigenvalue weighted by atomic mass is 10.2. The Bertz CT molecular complexity index is 1560. The van der Waals surface area contributed by atoms with E-state index in [9.17, 15) is 4.79 Å². The molecule has 0 saturated carbocycles. The van der Waals surface area contributed by atoms with Gasteiger partial charge in [0, 0.05) is 15.4 Å². The molecule has 0 saturated heterocycles. The Morgan fingerprint density at radius 1 is 1.03 bits per heavy atom. The van der Waals surface area contributed by atoms with Gasteiger partial charge in [-0.05, 0) is 67.4 Å². The van der Waals surface area contributed by atoms with Crippen LogP contribution in [0.3, 0.4) is 0 Å². The number of halogens is 2. The fraction of sp³-hybridized carbons (Fsp3) is 0.111. The maximum absolute atomic E-state index is 13.2. The quantitative estimate of drug-likeness (QED) is 0.245. The van der Waals surface area contributed by atoms with Crippen molar-refractivity contribution in [2.45, 2.75) is 20.4 Å². The summed E-state index contributed by atoms with van der Waals surface area (Å²) in [5.41, 5.74) is 3.45. The highest BCUT2D eigenvalue weighted by Crippen LogP contribution is 2.33. The molecule has 0 atom stereocenters. The zero-order valence-electron chi connectivity index (χ0n) is 19.0. The maximum Gasteiger partial charge on any atom is 0.265 e. The Balaban J connectivity index is 1.40. The van der Waals surface area contributed by atoms with Crippen LogP contribution >= 0.6 is 34.5 Å². The number of nitrogens with zero attached hydrogens (tertiary/aromatic N) is 2. The minimum Gasteiger partial charge on any atom is -0.455 e. The molecule has 0 bridgehead atoms. The summed E-state index contributed by atoms with van der Waals surface area (Å²) in [5.74, 6) is 1.08. The second kappa shape index (κ2) is 9.74. The normalized spacial score (nSPS) is 11.1. The topological polar surface area (TPSA) is 56.1 Å². The second-order valence-corrected chi connectivity index (χ2v) is 10.1. The van der Waals surface area contributed by atoms with Crippen LogP contribution in [0.4, 0.5) is 5.69 Å². The van der Waals surface area contributed by atoms with Crippen LogP contribution in [0, 0.1) is 13.8 Å². The molecule has 0 aliphatic heterocycles. The molecule has 3 aromatic carbocycles. The smallest absolute Gasteiger partial charge is 0.265 e. The number of anilines is 1. The molecule has 2 heterocycles. The Morgan fingerprint density at radius 3 is 2.66 bits per heavy atom. The molecule has 2 aromatic heterocycles. The maximum atomic E-state index is 13.2. The van der Waals surface area contributed by atoms with Crippen LogP contribution in [-0.4, -0.2) is 15.7 Å². The van der Waals surface area contributed by atoms with E-state index < -0.39 is 0 Å². The number of carbonyl (C=O) groups is 1. The summed E-state index contributed by atoms with van der Waals surface area (Å²) < 4.78 is 7.92. The van der Waals surface area contributed by atoms with Crippen molar-refractivity contribution in [2.24, 2.45) is 0 Å². The number of aromatic nitrogens is 2. The third-order valence-corrected chi connectivity index (χ3v) is 7.25. The number of rotatable bonds is 6. The van der Waals surface area contributed by atoms with Crippen LogP contribution < -0.4 is 10.1 Å². The molecule has 0 radical (unpaired) electrons. The van der Waals surface area contributed by atoms with Crippen molar-refractivity contribution in [1.82, 2.24) is 9.78 Å². The van der Waals surface area contributed by atoms with E-state index >= 15 is 0 Å².